The Kier molecular flexibility index (Phi) is 43.6. The van der Waals surface area contributed by atoms with Crippen LogP contribution in [0.2, 0.25) is 0 Å². The summed E-state index contributed by atoms with van der Waals surface area (Å²) in [7, 11) is 0. The fraction of sp³-hybridized carbons (Fsp3) is 0.722. The molecule has 2 N–H and O–H groups in total. The van der Waals surface area contributed by atoms with Gasteiger partial charge in [0.05, 0.1) is 0 Å². The molecule has 234 valence electrons. The molecule has 0 aliphatic rings. The number of hydrogen-bond donors (Lipinski definition) is 2. The Morgan fingerprint density at radius 1 is 0.415 bits per heavy atom. The van der Waals surface area contributed by atoms with Crippen LogP contribution in [0.15, 0.2) is 48.6 Å². The average molecular weight is 626 g/mol. The molecule has 0 aliphatic carbocycles. The second-order valence-electron chi connectivity index (χ2n) is 10.8. The number of rotatable bonds is 28. The Morgan fingerprint density at radius 2 is 0.659 bits per heavy atom. The SMILES string of the molecule is CCCCCC/C=C/C=C/CCCCCCCC(=O)O.CCCCCC/C=C/C=C/CCCCCCCC(=O)O.[Zn]. The minimum absolute atomic E-state index is 0. The summed E-state index contributed by atoms with van der Waals surface area (Å²) in [6.45, 7) is 4.48. The van der Waals surface area contributed by atoms with E-state index in [1.54, 1.807) is 0 Å². The maximum atomic E-state index is 10.3. The number of carbonyl (C=O) groups is 2. The molecule has 0 saturated carbocycles. The van der Waals surface area contributed by atoms with Crippen LogP contribution in [0.3, 0.4) is 0 Å². The first-order valence-corrected chi connectivity index (χ1v) is 16.6. The second kappa shape index (κ2) is 40.7. The Hall–Kier alpha value is -1.48. The van der Waals surface area contributed by atoms with Crippen LogP contribution in [0.5, 0.6) is 0 Å². The summed E-state index contributed by atoms with van der Waals surface area (Å²) in [5.74, 6) is -1.34. The van der Waals surface area contributed by atoms with Gasteiger partial charge in [-0.05, 0) is 64.2 Å². The van der Waals surface area contributed by atoms with Gasteiger partial charge in [0, 0.05) is 32.3 Å². The van der Waals surface area contributed by atoms with Crippen LogP contribution in [-0.2, 0) is 29.1 Å². The molecule has 0 amide bonds. The van der Waals surface area contributed by atoms with Gasteiger partial charge in [0.25, 0.3) is 0 Å². The number of allylic oxidation sites excluding steroid dienone is 8. The van der Waals surface area contributed by atoms with Gasteiger partial charge in [-0.1, -0.05) is 140 Å². The summed E-state index contributed by atoms with van der Waals surface area (Å²) in [5.41, 5.74) is 0. The van der Waals surface area contributed by atoms with E-state index in [1.807, 2.05) is 0 Å². The van der Waals surface area contributed by atoms with Crippen molar-refractivity contribution in [3.8, 4) is 0 Å². The van der Waals surface area contributed by atoms with E-state index in [9.17, 15) is 9.59 Å². The summed E-state index contributed by atoms with van der Waals surface area (Å²) >= 11 is 0. The van der Waals surface area contributed by atoms with Crippen molar-refractivity contribution in [2.24, 2.45) is 0 Å². The fourth-order valence-corrected chi connectivity index (χ4v) is 4.21. The average Bonchev–Trinajstić information content (AvgIpc) is 2.93. The molecule has 0 aromatic carbocycles. The largest absolute Gasteiger partial charge is 0.481 e. The minimum atomic E-state index is -0.672. The van der Waals surface area contributed by atoms with Gasteiger partial charge in [-0.3, -0.25) is 9.59 Å². The molecule has 0 aromatic heterocycles. The predicted molar refractivity (Wildman–Crippen MR) is 174 cm³/mol. The number of carboxylic acid groups (broad SMARTS) is 2. The zero-order valence-corrected chi connectivity index (χ0v) is 30.0. The topological polar surface area (TPSA) is 74.6 Å². The minimum Gasteiger partial charge on any atom is -0.481 e. The van der Waals surface area contributed by atoms with E-state index >= 15 is 0 Å². The molecule has 0 aliphatic heterocycles. The molecule has 0 saturated heterocycles. The zero-order chi connectivity index (χ0) is 29.8. The molecule has 0 radical (unpaired) electrons. The molecule has 0 heterocycles. The monoisotopic (exact) mass is 624 g/mol. The van der Waals surface area contributed by atoms with Gasteiger partial charge in [-0.15, -0.1) is 0 Å². The maximum Gasteiger partial charge on any atom is 0.303 e. The first-order chi connectivity index (χ1) is 19.5. The van der Waals surface area contributed by atoms with Crippen LogP contribution in [0.4, 0.5) is 0 Å². The molecule has 0 unspecified atom stereocenters. The Labute approximate surface area is 267 Å². The van der Waals surface area contributed by atoms with Crippen molar-refractivity contribution in [1.29, 1.82) is 0 Å². The van der Waals surface area contributed by atoms with E-state index in [2.05, 4.69) is 62.5 Å². The van der Waals surface area contributed by atoms with Crippen molar-refractivity contribution < 1.29 is 39.3 Å². The molecular formula is C36H64O4Zn. The van der Waals surface area contributed by atoms with Crippen molar-refractivity contribution in [3.05, 3.63) is 48.6 Å². The summed E-state index contributed by atoms with van der Waals surface area (Å²) < 4.78 is 0. The summed E-state index contributed by atoms with van der Waals surface area (Å²) in [6, 6.07) is 0. The number of aliphatic carboxylic acids is 2. The smallest absolute Gasteiger partial charge is 0.303 e. The molecule has 0 atom stereocenters. The van der Waals surface area contributed by atoms with Crippen LogP contribution in [-0.4, -0.2) is 22.2 Å². The van der Waals surface area contributed by atoms with E-state index in [-0.39, 0.29) is 19.5 Å². The summed E-state index contributed by atoms with van der Waals surface area (Å²) in [4.78, 5) is 20.6. The quantitative estimate of drug-likeness (QED) is 0.0515. The Balaban J connectivity index is -0.000000688. The molecular weight excluding hydrogens is 562 g/mol. The van der Waals surface area contributed by atoms with Crippen molar-refractivity contribution >= 4 is 11.9 Å². The van der Waals surface area contributed by atoms with E-state index in [1.165, 1.54) is 89.9 Å². The van der Waals surface area contributed by atoms with Crippen LogP contribution in [0.1, 0.15) is 168 Å². The summed E-state index contributed by atoms with van der Waals surface area (Å²) in [5, 5.41) is 17.0. The van der Waals surface area contributed by atoms with Gasteiger partial charge in [0.1, 0.15) is 0 Å². The van der Waals surface area contributed by atoms with Crippen LogP contribution >= 0.6 is 0 Å². The van der Waals surface area contributed by atoms with Crippen LogP contribution < -0.4 is 0 Å². The van der Waals surface area contributed by atoms with E-state index in [0.717, 1.165) is 51.4 Å². The van der Waals surface area contributed by atoms with E-state index in [4.69, 9.17) is 10.2 Å². The Bertz CT molecular complexity index is 596. The van der Waals surface area contributed by atoms with Gasteiger partial charge < -0.3 is 10.2 Å². The third-order valence-corrected chi connectivity index (χ3v) is 6.74. The van der Waals surface area contributed by atoms with Gasteiger partial charge in [-0.25, -0.2) is 0 Å². The first kappa shape index (κ1) is 44.0. The maximum absolute atomic E-state index is 10.3. The van der Waals surface area contributed by atoms with Crippen molar-refractivity contribution in [1.82, 2.24) is 0 Å². The molecule has 0 bridgehead atoms. The number of carboxylic acids is 2. The van der Waals surface area contributed by atoms with Crippen molar-refractivity contribution in [3.63, 3.8) is 0 Å². The van der Waals surface area contributed by atoms with Gasteiger partial charge >= 0.3 is 11.9 Å². The molecule has 4 nitrogen and oxygen atoms in total. The molecule has 0 rings (SSSR count). The predicted octanol–water partition coefficient (Wildman–Crippen LogP) is 11.8. The molecule has 0 fully saturated rings. The van der Waals surface area contributed by atoms with Gasteiger partial charge in [-0.2, -0.15) is 0 Å². The fourth-order valence-electron chi connectivity index (χ4n) is 4.21. The standard InChI is InChI=1S/2C18H32O2.Zn/c2*1-2-3-4-5-6-7-8-9-10-11-12-13-14-15-16-17-18(19)20;/h2*7-10H,2-6,11-17H2,1H3,(H,19,20);/b2*8-7+,10-9+;. The third-order valence-electron chi connectivity index (χ3n) is 6.74. The third kappa shape index (κ3) is 48.6. The van der Waals surface area contributed by atoms with Crippen molar-refractivity contribution in [2.45, 2.75) is 168 Å². The van der Waals surface area contributed by atoms with E-state index < -0.39 is 11.9 Å². The first-order valence-electron chi connectivity index (χ1n) is 16.6. The molecule has 5 heteroatoms. The summed E-state index contributed by atoms with van der Waals surface area (Å²) in [6.07, 6.45) is 44.6. The number of hydrogen-bond acceptors (Lipinski definition) is 2. The molecule has 0 aromatic rings. The second-order valence-corrected chi connectivity index (χ2v) is 10.8. The Morgan fingerprint density at radius 3 is 0.927 bits per heavy atom. The van der Waals surface area contributed by atoms with Gasteiger partial charge in [0.2, 0.25) is 0 Å². The zero-order valence-electron chi connectivity index (χ0n) is 27.0. The van der Waals surface area contributed by atoms with Crippen LogP contribution in [0.25, 0.3) is 0 Å². The van der Waals surface area contributed by atoms with Crippen LogP contribution in [0, 0.1) is 0 Å². The van der Waals surface area contributed by atoms with Crippen molar-refractivity contribution in [2.75, 3.05) is 0 Å². The normalized spacial score (nSPS) is 11.4. The van der Waals surface area contributed by atoms with E-state index in [0.29, 0.717) is 12.8 Å². The molecule has 0 spiro atoms. The molecule has 41 heavy (non-hydrogen) atoms. The number of unbranched alkanes of at least 4 members (excludes halogenated alkanes) is 18. The van der Waals surface area contributed by atoms with Gasteiger partial charge in [0.15, 0.2) is 0 Å².